The van der Waals surface area contributed by atoms with Gasteiger partial charge in [0.05, 0.1) is 17.3 Å². The van der Waals surface area contributed by atoms with Crippen molar-refractivity contribution in [1.29, 1.82) is 0 Å². The van der Waals surface area contributed by atoms with Crippen LogP contribution in [0.2, 0.25) is 0 Å². The van der Waals surface area contributed by atoms with Gasteiger partial charge in [-0.2, -0.15) is 0 Å². The minimum Gasteiger partial charge on any atom is -0.390 e. The normalized spacial score (nSPS) is 18.6. The van der Waals surface area contributed by atoms with Gasteiger partial charge < -0.3 is 15.3 Å². The monoisotopic (exact) mass is 325 g/mol. The summed E-state index contributed by atoms with van der Waals surface area (Å²) in [4.78, 5) is 19.2. The number of likely N-dealkylation sites (tertiary alicyclic amines) is 1. The van der Waals surface area contributed by atoms with Crippen molar-refractivity contribution in [3.63, 3.8) is 0 Å². The number of carbonyl (C=O) groups excluding carboxylic acids is 1. The zero-order chi connectivity index (χ0) is 16.1. The Hall–Kier alpha value is -0.980. The van der Waals surface area contributed by atoms with Gasteiger partial charge >= 0.3 is 0 Å². The summed E-state index contributed by atoms with van der Waals surface area (Å²) in [6, 6.07) is 0. The molecular formula is C16H27N3O2S. The van der Waals surface area contributed by atoms with Crippen LogP contribution in [0.4, 0.5) is 0 Å². The van der Waals surface area contributed by atoms with E-state index in [-0.39, 0.29) is 5.91 Å². The van der Waals surface area contributed by atoms with E-state index in [4.69, 9.17) is 0 Å². The van der Waals surface area contributed by atoms with Crippen LogP contribution in [-0.4, -0.2) is 53.2 Å². The van der Waals surface area contributed by atoms with Gasteiger partial charge in [-0.3, -0.25) is 4.79 Å². The largest absolute Gasteiger partial charge is 0.390 e. The first kappa shape index (κ1) is 17.4. The van der Waals surface area contributed by atoms with Gasteiger partial charge in [0.25, 0.3) is 5.91 Å². The average Bonchev–Trinajstić information content (AvgIpc) is 2.97. The molecule has 2 N–H and O–H groups in total. The van der Waals surface area contributed by atoms with Gasteiger partial charge in [0, 0.05) is 19.0 Å². The molecule has 2 heterocycles. The molecule has 1 fully saturated rings. The lowest BCUT2D eigenvalue weighted by molar-refractivity contribution is 0.0797. The number of hydrogen-bond donors (Lipinski definition) is 2. The van der Waals surface area contributed by atoms with Crippen molar-refractivity contribution in [1.82, 2.24) is 15.2 Å². The number of aliphatic hydroxyl groups is 1. The summed E-state index contributed by atoms with van der Waals surface area (Å²) < 4.78 is 0. The van der Waals surface area contributed by atoms with Gasteiger partial charge in [-0.25, -0.2) is 4.98 Å². The summed E-state index contributed by atoms with van der Waals surface area (Å²) in [6.45, 7) is 9.40. The van der Waals surface area contributed by atoms with E-state index in [2.05, 4.69) is 36.0 Å². The van der Waals surface area contributed by atoms with E-state index >= 15 is 0 Å². The molecule has 2 rings (SSSR count). The van der Waals surface area contributed by atoms with E-state index in [1.807, 2.05) is 0 Å². The second kappa shape index (κ2) is 8.04. The Morgan fingerprint density at radius 3 is 2.77 bits per heavy atom. The fraction of sp³-hybridized carbons (Fsp3) is 0.750. The Labute approximate surface area is 136 Å². The molecule has 5 nitrogen and oxygen atoms in total. The molecule has 0 spiro atoms. The molecule has 1 aliphatic rings. The number of nitrogens with zero attached hydrogens (tertiary/aromatic N) is 2. The number of nitrogens with one attached hydrogen (secondary N) is 1. The number of aliphatic hydroxyl groups excluding tert-OH is 1. The summed E-state index contributed by atoms with van der Waals surface area (Å²) in [7, 11) is 0. The Bertz CT molecular complexity index is 481. The van der Waals surface area contributed by atoms with Gasteiger partial charge in [-0.15, -0.1) is 11.3 Å². The first-order valence-electron chi connectivity index (χ1n) is 8.10. The number of piperidine rings is 1. The zero-order valence-corrected chi connectivity index (χ0v) is 14.5. The van der Waals surface area contributed by atoms with Gasteiger partial charge in [0.1, 0.15) is 4.88 Å². The van der Waals surface area contributed by atoms with Gasteiger partial charge in [-0.1, -0.05) is 20.8 Å². The quantitative estimate of drug-likeness (QED) is 0.840. The Morgan fingerprint density at radius 1 is 1.50 bits per heavy atom. The van der Waals surface area contributed by atoms with Crippen LogP contribution in [0.3, 0.4) is 0 Å². The predicted molar refractivity (Wildman–Crippen MR) is 89.4 cm³/mol. The molecule has 1 unspecified atom stereocenters. The molecule has 0 bridgehead atoms. The molecule has 1 amide bonds. The Balaban J connectivity index is 1.73. The molecule has 1 atom stereocenters. The van der Waals surface area contributed by atoms with E-state index in [9.17, 15) is 9.90 Å². The van der Waals surface area contributed by atoms with E-state index in [1.54, 1.807) is 6.20 Å². The van der Waals surface area contributed by atoms with Gasteiger partial charge in [0.15, 0.2) is 0 Å². The summed E-state index contributed by atoms with van der Waals surface area (Å²) in [5.74, 6) is 0.976. The van der Waals surface area contributed by atoms with Crippen LogP contribution in [0.25, 0.3) is 0 Å². The topological polar surface area (TPSA) is 65.5 Å². The number of carbonyl (C=O) groups is 1. The van der Waals surface area contributed by atoms with Crippen molar-refractivity contribution in [3.8, 4) is 0 Å². The standard InChI is InChI=1S/C16H27N3O2S/c1-11(2)16-18-9-14(22-16)15(21)17-8-13(20)10-19-6-4-12(3)5-7-19/h9,11-13,20H,4-8,10H2,1-3H3,(H,17,21). The van der Waals surface area contributed by atoms with Crippen LogP contribution < -0.4 is 5.32 Å². The van der Waals surface area contributed by atoms with Crippen molar-refractivity contribution in [2.75, 3.05) is 26.2 Å². The fourth-order valence-corrected chi connectivity index (χ4v) is 3.40. The summed E-state index contributed by atoms with van der Waals surface area (Å²) >= 11 is 1.42. The highest BCUT2D eigenvalue weighted by atomic mass is 32.1. The van der Waals surface area contributed by atoms with E-state index < -0.39 is 6.10 Å². The maximum absolute atomic E-state index is 12.1. The lowest BCUT2D eigenvalue weighted by atomic mass is 9.99. The number of amides is 1. The number of rotatable bonds is 6. The molecule has 6 heteroatoms. The van der Waals surface area contributed by atoms with Crippen LogP contribution in [0.15, 0.2) is 6.20 Å². The molecule has 0 aliphatic carbocycles. The third-order valence-corrected chi connectivity index (χ3v) is 5.38. The van der Waals surface area contributed by atoms with Crippen molar-refractivity contribution >= 4 is 17.2 Å². The van der Waals surface area contributed by atoms with Crippen molar-refractivity contribution < 1.29 is 9.90 Å². The molecule has 1 saturated heterocycles. The molecule has 0 radical (unpaired) electrons. The molecule has 0 saturated carbocycles. The summed E-state index contributed by atoms with van der Waals surface area (Å²) in [5, 5.41) is 13.9. The van der Waals surface area contributed by atoms with Crippen LogP contribution in [0.1, 0.15) is 54.2 Å². The minimum absolute atomic E-state index is 0.143. The highest BCUT2D eigenvalue weighted by Crippen LogP contribution is 2.21. The van der Waals surface area contributed by atoms with E-state index in [1.165, 1.54) is 24.2 Å². The smallest absolute Gasteiger partial charge is 0.263 e. The molecule has 124 valence electrons. The molecule has 1 aliphatic heterocycles. The zero-order valence-electron chi connectivity index (χ0n) is 13.7. The van der Waals surface area contributed by atoms with Crippen molar-refractivity contribution in [2.45, 2.75) is 45.6 Å². The molecule has 0 aromatic carbocycles. The average molecular weight is 325 g/mol. The maximum atomic E-state index is 12.1. The lowest BCUT2D eigenvalue weighted by Gasteiger charge is -2.31. The summed E-state index contributed by atoms with van der Waals surface area (Å²) in [5.41, 5.74) is 0. The highest BCUT2D eigenvalue weighted by molar-refractivity contribution is 7.13. The third kappa shape index (κ3) is 5.04. The van der Waals surface area contributed by atoms with Crippen molar-refractivity contribution in [3.05, 3.63) is 16.1 Å². The van der Waals surface area contributed by atoms with Crippen molar-refractivity contribution in [2.24, 2.45) is 5.92 Å². The molecule has 1 aromatic rings. The molecule has 22 heavy (non-hydrogen) atoms. The van der Waals surface area contributed by atoms with Crippen LogP contribution in [-0.2, 0) is 0 Å². The third-order valence-electron chi connectivity index (χ3n) is 4.08. The SMILES string of the molecule is CC1CCN(CC(O)CNC(=O)c2cnc(C(C)C)s2)CC1. The Morgan fingerprint density at radius 2 is 2.18 bits per heavy atom. The van der Waals surface area contributed by atoms with E-state index in [0.29, 0.717) is 23.9 Å². The number of hydrogen-bond acceptors (Lipinski definition) is 5. The maximum Gasteiger partial charge on any atom is 0.263 e. The number of thiazole rings is 1. The van der Waals surface area contributed by atoms with Crippen LogP contribution in [0.5, 0.6) is 0 Å². The summed E-state index contributed by atoms with van der Waals surface area (Å²) in [6.07, 6.45) is 3.48. The second-order valence-corrected chi connectivity index (χ2v) is 7.63. The number of aromatic nitrogens is 1. The van der Waals surface area contributed by atoms with Crippen LogP contribution in [0, 0.1) is 5.92 Å². The first-order valence-corrected chi connectivity index (χ1v) is 8.91. The Kier molecular flexibility index (Phi) is 6.35. The fourth-order valence-electron chi connectivity index (χ4n) is 2.56. The van der Waals surface area contributed by atoms with E-state index in [0.717, 1.165) is 24.0 Å². The number of β-amino-alcohol motifs (C(OH)–C–C–N with tert-alkyl or cyclic N) is 1. The van der Waals surface area contributed by atoms with Gasteiger partial charge in [0.2, 0.25) is 0 Å². The second-order valence-electron chi connectivity index (χ2n) is 6.56. The molecule has 1 aromatic heterocycles. The predicted octanol–water partition coefficient (Wildman–Crippen LogP) is 2.09. The highest BCUT2D eigenvalue weighted by Gasteiger charge is 2.19. The van der Waals surface area contributed by atoms with Crippen LogP contribution >= 0.6 is 11.3 Å². The minimum atomic E-state index is -0.519. The lowest BCUT2D eigenvalue weighted by Crippen LogP contribution is -2.42. The molecular weight excluding hydrogens is 298 g/mol. The van der Waals surface area contributed by atoms with Gasteiger partial charge in [-0.05, 0) is 31.8 Å². The first-order chi connectivity index (χ1) is 10.5.